The molecule has 3 nitrogen and oxygen atoms in total. The van der Waals surface area contributed by atoms with E-state index in [1.807, 2.05) is 18.2 Å². The molecule has 0 N–H and O–H groups in total. The van der Waals surface area contributed by atoms with Crippen molar-refractivity contribution in [2.75, 3.05) is 0 Å². The third-order valence-electron chi connectivity index (χ3n) is 8.09. The number of hydrogen-bond acceptors (Lipinski definition) is 2. The lowest BCUT2D eigenvalue weighted by atomic mass is 9.78. The molecular formula is C36H31N2O+. The zero-order valence-corrected chi connectivity index (χ0v) is 23.0. The maximum Gasteiger partial charge on any atom is 0.216 e. The molecule has 0 aliphatic heterocycles. The van der Waals surface area contributed by atoms with Gasteiger partial charge < -0.3 is 4.42 Å². The second kappa shape index (κ2) is 9.26. The molecule has 0 aliphatic carbocycles. The van der Waals surface area contributed by atoms with Crippen LogP contribution in [0.3, 0.4) is 0 Å². The van der Waals surface area contributed by atoms with Gasteiger partial charge in [-0.1, -0.05) is 80.6 Å². The Morgan fingerprint density at radius 2 is 1.38 bits per heavy atom. The molecule has 0 fully saturated rings. The van der Waals surface area contributed by atoms with Crippen molar-refractivity contribution < 1.29 is 8.98 Å². The van der Waals surface area contributed by atoms with E-state index in [0.29, 0.717) is 5.56 Å². The van der Waals surface area contributed by atoms with Crippen molar-refractivity contribution in [3.05, 3.63) is 125 Å². The van der Waals surface area contributed by atoms with Crippen molar-refractivity contribution in [1.29, 1.82) is 5.26 Å². The topological polar surface area (TPSA) is 40.8 Å². The van der Waals surface area contributed by atoms with Gasteiger partial charge in [0.1, 0.15) is 18.2 Å². The normalized spacial score (nSPS) is 11.7. The summed E-state index contributed by atoms with van der Waals surface area (Å²) in [4.78, 5) is 0. The summed E-state index contributed by atoms with van der Waals surface area (Å²) in [6.07, 6.45) is 2.09. The van der Waals surface area contributed by atoms with Gasteiger partial charge in [0.2, 0.25) is 5.69 Å². The first-order valence-corrected chi connectivity index (χ1v) is 13.3. The SMILES string of the molecule is Cc1cc[n+](C)c(-c2c(C)ccc3c2oc2c(-c4ccc(C(C)(C)c5ccccc5)cc4)c(C#N)ccc23)c1. The van der Waals surface area contributed by atoms with Crippen LogP contribution in [0, 0.1) is 25.2 Å². The number of nitriles is 1. The fourth-order valence-electron chi connectivity index (χ4n) is 5.70. The van der Waals surface area contributed by atoms with Gasteiger partial charge in [-0.15, -0.1) is 0 Å². The number of hydrogen-bond donors (Lipinski definition) is 0. The van der Waals surface area contributed by atoms with Gasteiger partial charge in [0.25, 0.3) is 0 Å². The summed E-state index contributed by atoms with van der Waals surface area (Å²) < 4.78 is 8.88. The molecule has 0 radical (unpaired) electrons. The zero-order chi connectivity index (χ0) is 27.3. The number of aryl methyl sites for hydroxylation is 3. The first-order chi connectivity index (χ1) is 18.8. The summed E-state index contributed by atoms with van der Waals surface area (Å²) >= 11 is 0. The van der Waals surface area contributed by atoms with E-state index < -0.39 is 0 Å². The van der Waals surface area contributed by atoms with Crippen molar-refractivity contribution in [2.45, 2.75) is 33.1 Å². The van der Waals surface area contributed by atoms with E-state index in [4.69, 9.17) is 4.42 Å². The molecule has 0 saturated heterocycles. The molecule has 3 heteroatoms. The van der Waals surface area contributed by atoms with Crippen molar-refractivity contribution in [3.8, 4) is 28.5 Å². The third kappa shape index (κ3) is 4.01. The van der Waals surface area contributed by atoms with Crippen LogP contribution in [0.1, 0.15) is 41.7 Å². The second-order valence-corrected chi connectivity index (χ2v) is 11.0. The minimum absolute atomic E-state index is 0.140. The predicted octanol–water partition coefficient (Wildman–Crippen LogP) is 8.56. The summed E-state index contributed by atoms with van der Waals surface area (Å²) in [5.74, 6) is 0. The number of fused-ring (bicyclic) bond motifs is 3. The van der Waals surface area contributed by atoms with E-state index in [0.717, 1.165) is 49.9 Å². The van der Waals surface area contributed by atoms with Crippen LogP contribution in [0.5, 0.6) is 0 Å². The van der Waals surface area contributed by atoms with Crippen molar-refractivity contribution >= 4 is 21.9 Å². The molecule has 2 aromatic heterocycles. The van der Waals surface area contributed by atoms with Gasteiger partial charge in [-0.2, -0.15) is 5.26 Å². The number of nitrogens with zero attached hydrogens (tertiary/aromatic N) is 2. The van der Waals surface area contributed by atoms with Crippen molar-refractivity contribution in [3.63, 3.8) is 0 Å². The Morgan fingerprint density at radius 3 is 2.08 bits per heavy atom. The van der Waals surface area contributed by atoms with Crippen LogP contribution in [0.25, 0.3) is 44.3 Å². The number of rotatable bonds is 4. The first-order valence-electron chi connectivity index (χ1n) is 13.3. The van der Waals surface area contributed by atoms with Crippen LogP contribution in [0.2, 0.25) is 0 Å². The summed E-state index contributed by atoms with van der Waals surface area (Å²) in [6, 6.07) is 34.1. The molecule has 190 valence electrons. The van der Waals surface area contributed by atoms with Gasteiger partial charge in [0.15, 0.2) is 6.20 Å². The highest BCUT2D eigenvalue weighted by Gasteiger charge is 2.25. The van der Waals surface area contributed by atoms with E-state index in [1.54, 1.807) is 0 Å². The monoisotopic (exact) mass is 507 g/mol. The highest BCUT2D eigenvalue weighted by atomic mass is 16.3. The van der Waals surface area contributed by atoms with E-state index in [9.17, 15) is 5.26 Å². The van der Waals surface area contributed by atoms with Gasteiger partial charge >= 0.3 is 0 Å². The maximum absolute atomic E-state index is 10.1. The Labute approximate surface area is 229 Å². The van der Waals surface area contributed by atoms with Crippen LogP contribution >= 0.6 is 0 Å². The Morgan fingerprint density at radius 1 is 0.744 bits per heavy atom. The predicted molar refractivity (Wildman–Crippen MR) is 159 cm³/mol. The van der Waals surface area contributed by atoms with Gasteiger partial charge in [-0.25, -0.2) is 4.57 Å². The van der Waals surface area contributed by atoms with Crippen LogP contribution in [-0.2, 0) is 12.5 Å². The van der Waals surface area contributed by atoms with Gasteiger partial charge in [0.05, 0.1) is 17.2 Å². The molecule has 6 rings (SSSR count). The van der Waals surface area contributed by atoms with E-state index in [2.05, 4.69) is 124 Å². The van der Waals surface area contributed by atoms with Gasteiger partial charge in [-0.3, -0.25) is 0 Å². The van der Waals surface area contributed by atoms with Crippen LogP contribution in [0.15, 0.2) is 102 Å². The lowest BCUT2D eigenvalue weighted by Crippen LogP contribution is -2.30. The van der Waals surface area contributed by atoms with Gasteiger partial charge in [-0.05, 0) is 53.8 Å². The quantitative estimate of drug-likeness (QED) is 0.224. The molecule has 0 amide bonds. The van der Waals surface area contributed by atoms with E-state index in [-0.39, 0.29) is 5.41 Å². The molecule has 0 unspecified atom stereocenters. The number of pyridine rings is 1. The van der Waals surface area contributed by atoms with Crippen LogP contribution in [0.4, 0.5) is 0 Å². The molecule has 2 heterocycles. The van der Waals surface area contributed by atoms with Crippen LogP contribution in [-0.4, -0.2) is 0 Å². The lowest BCUT2D eigenvalue weighted by molar-refractivity contribution is -0.660. The number of aromatic nitrogens is 1. The Bertz CT molecular complexity index is 1900. The highest BCUT2D eigenvalue weighted by molar-refractivity contribution is 6.14. The Balaban J connectivity index is 1.57. The minimum Gasteiger partial charge on any atom is -0.454 e. The molecule has 4 aromatic carbocycles. The molecule has 0 saturated carbocycles. The Hall–Kier alpha value is -4.68. The summed E-state index contributed by atoms with van der Waals surface area (Å²) in [5, 5.41) is 12.2. The van der Waals surface area contributed by atoms with Gasteiger partial charge in [0, 0.05) is 33.9 Å². The number of benzene rings is 4. The fraction of sp³-hybridized carbons (Fsp3) is 0.167. The molecule has 0 bridgehead atoms. The maximum atomic E-state index is 10.1. The smallest absolute Gasteiger partial charge is 0.216 e. The second-order valence-electron chi connectivity index (χ2n) is 11.0. The zero-order valence-electron chi connectivity index (χ0n) is 23.0. The molecule has 0 atom stereocenters. The Kier molecular flexibility index (Phi) is 5.85. The molecule has 0 spiro atoms. The van der Waals surface area contributed by atoms with E-state index in [1.165, 1.54) is 16.7 Å². The molecule has 39 heavy (non-hydrogen) atoms. The number of furan rings is 1. The molecule has 0 aliphatic rings. The fourth-order valence-corrected chi connectivity index (χ4v) is 5.70. The highest BCUT2D eigenvalue weighted by Crippen LogP contribution is 2.42. The molecular weight excluding hydrogens is 476 g/mol. The average Bonchev–Trinajstić information content (AvgIpc) is 3.33. The standard InChI is InChI=1S/C36H31N2O/c1-23-19-20-38(5)31(21-23)32-24(2)11-17-29-30-18-14-26(22-37)33(35(30)39-34(29)32)25-12-15-28(16-13-25)36(3,4)27-9-7-6-8-10-27/h6-21H,1-5H3/q+1. The summed E-state index contributed by atoms with van der Waals surface area (Å²) in [6.45, 7) is 8.72. The van der Waals surface area contributed by atoms with Crippen LogP contribution < -0.4 is 4.57 Å². The lowest BCUT2D eigenvalue weighted by Gasteiger charge is -2.26. The third-order valence-corrected chi connectivity index (χ3v) is 8.09. The first kappa shape index (κ1) is 24.6. The summed E-state index contributed by atoms with van der Waals surface area (Å²) in [5.41, 5.74) is 10.9. The largest absolute Gasteiger partial charge is 0.454 e. The van der Waals surface area contributed by atoms with Crippen molar-refractivity contribution in [2.24, 2.45) is 7.05 Å². The van der Waals surface area contributed by atoms with E-state index >= 15 is 0 Å². The minimum atomic E-state index is -0.140. The molecule has 6 aromatic rings. The summed E-state index contributed by atoms with van der Waals surface area (Å²) in [7, 11) is 2.06. The average molecular weight is 508 g/mol. The van der Waals surface area contributed by atoms with Crippen molar-refractivity contribution in [1.82, 2.24) is 0 Å².